The van der Waals surface area contributed by atoms with Gasteiger partial charge in [0, 0.05) is 19.3 Å². The molecule has 0 rings (SSSR count). The van der Waals surface area contributed by atoms with Crippen LogP contribution in [-0.2, 0) is 28.6 Å². The first kappa shape index (κ1) is 62.6. The van der Waals surface area contributed by atoms with Gasteiger partial charge in [0.25, 0.3) is 0 Å². The molecule has 1 atom stereocenters. The van der Waals surface area contributed by atoms with Crippen LogP contribution in [0.3, 0.4) is 0 Å². The van der Waals surface area contributed by atoms with Crippen LogP contribution in [-0.4, -0.2) is 37.2 Å². The van der Waals surface area contributed by atoms with Gasteiger partial charge in [0.1, 0.15) is 13.2 Å². The Morgan fingerprint density at radius 2 is 0.554 bits per heavy atom. The molecule has 0 amide bonds. The molecule has 0 aromatic heterocycles. The van der Waals surface area contributed by atoms with Gasteiger partial charge in [-0.1, -0.05) is 243 Å². The molecule has 0 radical (unpaired) electrons. The molecule has 0 aliphatic carbocycles. The normalized spacial score (nSPS) is 12.2. The molecule has 380 valence electrons. The molecule has 1 unspecified atom stereocenters. The average Bonchev–Trinajstić information content (AvgIpc) is 3.30. The Morgan fingerprint density at radius 3 is 0.877 bits per heavy atom. The summed E-state index contributed by atoms with van der Waals surface area (Å²) in [5.74, 6) is -0.870. The fraction of sp³-hybridized carbons (Fsp3) is 0.847. The number of rotatable bonds is 52. The van der Waals surface area contributed by atoms with Crippen LogP contribution in [0.2, 0.25) is 0 Å². The maximum absolute atomic E-state index is 12.8. The van der Waals surface area contributed by atoms with Gasteiger partial charge in [0.05, 0.1) is 0 Å². The fourth-order valence-electron chi connectivity index (χ4n) is 8.29. The van der Waals surface area contributed by atoms with Crippen LogP contribution in [0.5, 0.6) is 0 Å². The lowest BCUT2D eigenvalue weighted by molar-refractivity contribution is -0.167. The largest absolute Gasteiger partial charge is 0.462 e. The van der Waals surface area contributed by atoms with E-state index in [1.807, 2.05) is 0 Å². The second kappa shape index (κ2) is 54.2. The molecule has 0 spiro atoms. The van der Waals surface area contributed by atoms with Crippen molar-refractivity contribution in [3.8, 4) is 0 Å². The van der Waals surface area contributed by atoms with E-state index in [9.17, 15) is 14.4 Å². The standard InChI is InChI=1S/C59H108O6/c1-4-7-10-13-16-19-22-24-26-28-30-32-33-35-37-40-43-46-49-52-58(61)64-55-56(54-63-57(60)51-48-45-42-39-21-18-15-12-9-6-3)65-59(62)53-50-47-44-41-38-36-34-31-29-27-25-23-20-17-14-11-8-5-2/h20,23-24,26-27,29,56H,4-19,21-22,25,28,30-55H2,1-3H3/b23-20-,26-24-,29-27-. The molecular weight excluding hydrogens is 805 g/mol. The van der Waals surface area contributed by atoms with Gasteiger partial charge in [-0.15, -0.1) is 0 Å². The SMILES string of the molecule is CCCCCC/C=C\C/C=C\CCCCCCCCCC(=O)OC(COC(=O)CCCCCCCCCCCC)COC(=O)CCCCCCCCCCC/C=C\CCCCCCCC. The second-order valence-electron chi connectivity index (χ2n) is 19.2. The van der Waals surface area contributed by atoms with Gasteiger partial charge in [-0.3, -0.25) is 14.4 Å². The summed E-state index contributed by atoms with van der Waals surface area (Å²) in [4.78, 5) is 38.1. The molecule has 6 nitrogen and oxygen atoms in total. The van der Waals surface area contributed by atoms with E-state index in [2.05, 4.69) is 57.2 Å². The number of hydrogen-bond donors (Lipinski definition) is 0. The molecule has 0 aliphatic rings. The summed E-state index contributed by atoms with van der Waals surface area (Å²) in [5, 5.41) is 0. The van der Waals surface area contributed by atoms with E-state index in [1.165, 1.54) is 193 Å². The van der Waals surface area contributed by atoms with Gasteiger partial charge >= 0.3 is 17.9 Å². The number of esters is 3. The first-order valence-electron chi connectivity index (χ1n) is 28.5. The van der Waals surface area contributed by atoms with Gasteiger partial charge in [-0.2, -0.15) is 0 Å². The Balaban J connectivity index is 4.30. The number of carbonyl (C=O) groups is 3. The molecule has 0 saturated carbocycles. The van der Waals surface area contributed by atoms with E-state index < -0.39 is 6.10 Å². The smallest absolute Gasteiger partial charge is 0.306 e. The quantitative estimate of drug-likeness (QED) is 0.0262. The molecule has 0 aliphatic heterocycles. The lowest BCUT2D eigenvalue weighted by Gasteiger charge is -2.18. The van der Waals surface area contributed by atoms with Crippen molar-refractivity contribution >= 4 is 17.9 Å². The number of unbranched alkanes of at least 4 members (excludes halogenated alkanes) is 35. The number of allylic oxidation sites excluding steroid dienone is 6. The molecule has 0 aromatic rings. The van der Waals surface area contributed by atoms with Crippen LogP contribution in [0.1, 0.15) is 303 Å². The van der Waals surface area contributed by atoms with Crippen molar-refractivity contribution < 1.29 is 28.6 Å². The monoisotopic (exact) mass is 913 g/mol. The highest BCUT2D eigenvalue weighted by Gasteiger charge is 2.19. The van der Waals surface area contributed by atoms with E-state index in [4.69, 9.17) is 14.2 Å². The van der Waals surface area contributed by atoms with Crippen molar-refractivity contribution in [3.63, 3.8) is 0 Å². The first-order chi connectivity index (χ1) is 32.0. The number of carbonyl (C=O) groups excluding carboxylic acids is 3. The van der Waals surface area contributed by atoms with Crippen molar-refractivity contribution in [2.24, 2.45) is 0 Å². The van der Waals surface area contributed by atoms with Crippen molar-refractivity contribution in [2.75, 3.05) is 13.2 Å². The van der Waals surface area contributed by atoms with E-state index in [-0.39, 0.29) is 31.1 Å². The van der Waals surface area contributed by atoms with Gasteiger partial charge in [-0.05, 0) is 77.0 Å². The summed E-state index contributed by atoms with van der Waals surface area (Å²) in [7, 11) is 0. The third-order valence-electron chi connectivity index (χ3n) is 12.6. The Hall–Kier alpha value is -2.37. The fourth-order valence-corrected chi connectivity index (χ4v) is 8.29. The van der Waals surface area contributed by atoms with Crippen LogP contribution < -0.4 is 0 Å². The zero-order valence-corrected chi connectivity index (χ0v) is 43.5. The molecule has 6 heteroatoms. The topological polar surface area (TPSA) is 78.9 Å². The minimum atomic E-state index is -0.773. The minimum Gasteiger partial charge on any atom is -0.462 e. The van der Waals surface area contributed by atoms with Crippen molar-refractivity contribution in [1.82, 2.24) is 0 Å². The predicted molar refractivity (Wildman–Crippen MR) is 279 cm³/mol. The first-order valence-corrected chi connectivity index (χ1v) is 28.5. The third-order valence-corrected chi connectivity index (χ3v) is 12.6. The molecule has 0 aromatic carbocycles. The molecule has 0 saturated heterocycles. The van der Waals surface area contributed by atoms with E-state index >= 15 is 0 Å². The molecular formula is C59H108O6. The van der Waals surface area contributed by atoms with Crippen LogP contribution in [0.15, 0.2) is 36.5 Å². The molecule has 0 N–H and O–H groups in total. The van der Waals surface area contributed by atoms with Crippen molar-refractivity contribution in [2.45, 2.75) is 309 Å². The van der Waals surface area contributed by atoms with Gasteiger partial charge < -0.3 is 14.2 Å². The molecule has 0 heterocycles. The lowest BCUT2D eigenvalue weighted by atomic mass is 10.1. The Labute approximate surface area is 404 Å². The Morgan fingerprint density at radius 1 is 0.308 bits per heavy atom. The highest BCUT2D eigenvalue weighted by Crippen LogP contribution is 2.16. The summed E-state index contributed by atoms with van der Waals surface area (Å²) in [6.07, 6.45) is 64.2. The highest BCUT2D eigenvalue weighted by molar-refractivity contribution is 5.71. The molecule has 0 fully saturated rings. The predicted octanol–water partition coefficient (Wildman–Crippen LogP) is 18.9. The number of ether oxygens (including phenoxy) is 3. The highest BCUT2D eigenvalue weighted by atomic mass is 16.6. The molecule has 0 bridgehead atoms. The van der Waals surface area contributed by atoms with Crippen LogP contribution in [0.25, 0.3) is 0 Å². The summed E-state index contributed by atoms with van der Waals surface area (Å²) >= 11 is 0. The summed E-state index contributed by atoms with van der Waals surface area (Å²) in [5.41, 5.74) is 0. The zero-order chi connectivity index (χ0) is 47.2. The Bertz CT molecular complexity index is 1090. The van der Waals surface area contributed by atoms with Crippen LogP contribution in [0, 0.1) is 0 Å². The van der Waals surface area contributed by atoms with Gasteiger partial charge in [0.15, 0.2) is 6.10 Å². The maximum atomic E-state index is 12.8. The van der Waals surface area contributed by atoms with E-state index in [1.54, 1.807) is 0 Å². The second-order valence-corrected chi connectivity index (χ2v) is 19.2. The lowest BCUT2D eigenvalue weighted by Crippen LogP contribution is -2.30. The minimum absolute atomic E-state index is 0.0728. The van der Waals surface area contributed by atoms with Crippen LogP contribution >= 0.6 is 0 Å². The summed E-state index contributed by atoms with van der Waals surface area (Å²) < 4.78 is 16.8. The van der Waals surface area contributed by atoms with Crippen LogP contribution in [0.4, 0.5) is 0 Å². The zero-order valence-electron chi connectivity index (χ0n) is 43.5. The van der Waals surface area contributed by atoms with E-state index in [0.29, 0.717) is 19.3 Å². The number of hydrogen-bond acceptors (Lipinski definition) is 6. The van der Waals surface area contributed by atoms with Gasteiger partial charge in [0.2, 0.25) is 0 Å². The third kappa shape index (κ3) is 52.5. The molecule has 65 heavy (non-hydrogen) atoms. The van der Waals surface area contributed by atoms with Gasteiger partial charge in [-0.25, -0.2) is 0 Å². The van der Waals surface area contributed by atoms with E-state index in [0.717, 1.165) is 70.6 Å². The average molecular weight is 914 g/mol. The van der Waals surface area contributed by atoms with Crippen molar-refractivity contribution in [1.29, 1.82) is 0 Å². The summed E-state index contributed by atoms with van der Waals surface area (Å²) in [6.45, 7) is 6.63. The summed E-state index contributed by atoms with van der Waals surface area (Å²) in [6, 6.07) is 0. The van der Waals surface area contributed by atoms with Crippen molar-refractivity contribution in [3.05, 3.63) is 36.5 Å². The Kier molecular flexibility index (Phi) is 52.3. The maximum Gasteiger partial charge on any atom is 0.306 e.